The first-order valence-electron chi connectivity index (χ1n) is 6.93. The van der Waals surface area contributed by atoms with Crippen molar-refractivity contribution >= 4 is 17.2 Å². The minimum Gasteiger partial charge on any atom is -0.454 e. The van der Waals surface area contributed by atoms with Gasteiger partial charge in [0.2, 0.25) is 0 Å². The number of hydrogen-bond donors (Lipinski definition) is 0. The van der Waals surface area contributed by atoms with Crippen LogP contribution in [0.5, 0.6) is 0 Å². The summed E-state index contributed by atoms with van der Waals surface area (Å²) in [6.07, 6.45) is 5.15. The van der Waals surface area contributed by atoms with Crippen molar-refractivity contribution in [3.8, 4) is 22.8 Å². The predicted molar refractivity (Wildman–Crippen MR) is 86.9 cm³/mol. The summed E-state index contributed by atoms with van der Waals surface area (Å²) in [7, 11) is 0. The standard InChI is InChI=1S/C18H12ClN2O/c1-12-7-8-21-11-15(20-18(21)9-12)17-6-5-16(22-17)13-3-2-4-14(19)10-13/h2-10H,1H3. The summed E-state index contributed by atoms with van der Waals surface area (Å²) in [6, 6.07) is 15.4. The van der Waals surface area contributed by atoms with E-state index in [0.717, 1.165) is 22.5 Å². The molecule has 0 aliphatic rings. The fourth-order valence-electron chi connectivity index (χ4n) is 2.40. The molecule has 4 rings (SSSR count). The maximum absolute atomic E-state index is 6.02. The van der Waals surface area contributed by atoms with Crippen molar-refractivity contribution < 1.29 is 4.42 Å². The van der Waals surface area contributed by atoms with E-state index in [0.29, 0.717) is 16.5 Å². The SMILES string of the molecule is Cc1ccn2[c]c(-c3ccc(-c4cccc(Cl)c4)o3)nc2c1. The fourth-order valence-corrected chi connectivity index (χ4v) is 2.59. The van der Waals surface area contributed by atoms with Crippen molar-refractivity contribution in [1.29, 1.82) is 0 Å². The molecule has 0 aliphatic carbocycles. The van der Waals surface area contributed by atoms with Gasteiger partial charge in [-0.05, 0) is 48.9 Å². The lowest BCUT2D eigenvalue weighted by molar-refractivity contribution is 0.595. The summed E-state index contributed by atoms with van der Waals surface area (Å²) < 4.78 is 7.77. The third-order valence-electron chi connectivity index (χ3n) is 3.49. The number of furan rings is 1. The molecule has 107 valence electrons. The number of benzene rings is 1. The maximum atomic E-state index is 6.02. The molecule has 0 aliphatic heterocycles. The Morgan fingerprint density at radius 1 is 1.09 bits per heavy atom. The van der Waals surface area contributed by atoms with E-state index in [1.54, 1.807) is 0 Å². The van der Waals surface area contributed by atoms with Crippen molar-refractivity contribution in [1.82, 2.24) is 9.38 Å². The molecule has 1 radical (unpaired) electrons. The Hall–Kier alpha value is -2.52. The van der Waals surface area contributed by atoms with E-state index in [9.17, 15) is 0 Å². The minimum atomic E-state index is 0.685. The number of halogens is 1. The van der Waals surface area contributed by atoms with Crippen LogP contribution >= 0.6 is 11.6 Å². The molecule has 0 saturated carbocycles. The van der Waals surface area contributed by atoms with Gasteiger partial charge >= 0.3 is 0 Å². The van der Waals surface area contributed by atoms with Gasteiger partial charge in [0, 0.05) is 16.8 Å². The second-order valence-corrected chi connectivity index (χ2v) is 5.62. The highest BCUT2D eigenvalue weighted by atomic mass is 35.5. The van der Waals surface area contributed by atoms with Gasteiger partial charge in [-0.1, -0.05) is 23.7 Å². The van der Waals surface area contributed by atoms with Gasteiger partial charge in [0.1, 0.15) is 23.3 Å². The Morgan fingerprint density at radius 2 is 1.95 bits per heavy atom. The molecule has 0 spiro atoms. The van der Waals surface area contributed by atoms with Crippen LogP contribution in [0.4, 0.5) is 0 Å². The van der Waals surface area contributed by atoms with Crippen molar-refractivity contribution in [2.75, 3.05) is 0 Å². The summed E-state index contributed by atoms with van der Waals surface area (Å²) in [6.45, 7) is 2.04. The Balaban J connectivity index is 1.76. The van der Waals surface area contributed by atoms with Crippen LogP contribution in [0.2, 0.25) is 5.02 Å². The van der Waals surface area contributed by atoms with E-state index in [4.69, 9.17) is 16.0 Å². The zero-order chi connectivity index (χ0) is 15.1. The average Bonchev–Trinajstić information content (AvgIpc) is 3.13. The van der Waals surface area contributed by atoms with Crippen LogP contribution in [0.15, 0.2) is 59.1 Å². The summed E-state index contributed by atoms with van der Waals surface area (Å²) in [4.78, 5) is 4.56. The van der Waals surface area contributed by atoms with Crippen LogP contribution in [-0.2, 0) is 0 Å². The molecular formula is C18H12ClN2O. The molecular weight excluding hydrogens is 296 g/mol. The van der Waals surface area contributed by atoms with Gasteiger partial charge in [-0.25, -0.2) is 4.98 Å². The molecule has 22 heavy (non-hydrogen) atoms. The van der Waals surface area contributed by atoms with Crippen molar-refractivity contribution in [3.63, 3.8) is 0 Å². The van der Waals surface area contributed by atoms with E-state index < -0.39 is 0 Å². The third kappa shape index (κ3) is 2.30. The summed E-state index contributed by atoms with van der Waals surface area (Å²) in [5, 5.41) is 0.685. The largest absolute Gasteiger partial charge is 0.454 e. The van der Waals surface area contributed by atoms with Crippen LogP contribution < -0.4 is 0 Å². The van der Waals surface area contributed by atoms with Crippen molar-refractivity contribution in [3.05, 3.63) is 71.5 Å². The summed E-state index contributed by atoms with van der Waals surface area (Å²) >= 11 is 6.02. The van der Waals surface area contributed by atoms with Crippen LogP contribution in [-0.4, -0.2) is 9.38 Å². The molecule has 0 amide bonds. The average molecular weight is 308 g/mol. The number of rotatable bonds is 2. The number of aromatic nitrogens is 2. The third-order valence-corrected chi connectivity index (χ3v) is 3.73. The topological polar surface area (TPSA) is 30.4 Å². The van der Waals surface area contributed by atoms with Crippen LogP contribution in [0.1, 0.15) is 5.56 Å². The zero-order valence-corrected chi connectivity index (χ0v) is 12.6. The number of nitrogens with zero attached hydrogens (tertiary/aromatic N) is 2. The lowest BCUT2D eigenvalue weighted by Gasteiger charge is -1.97. The molecule has 3 aromatic heterocycles. The minimum absolute atomic E-state index is 0.685. The number of aryl methyl sites for hydroxylation is 1. The first kappa shape index (κ1) is 13.2. The molecule has 0 fully saturated rings. The molecule has 3 nitrogen and oxygen atoms in total. The van der Waals surface area contributed by atoms with Gasteiger partial charge in [-0.15, -0.1) is 0 Å². The Kier molecular flexibility index (Phi) is 3.01. The van der Waals surface area contributed by atoms with Crippen LogP contribution in [0.25, 0.3) is 28.4 Å². The molecule has 4 aromatic rings. The van der Waals surface area contributed by atoms with E-state index >= 15 is 0 Å². The highest BCUT2D eigenvalue weighted by molar-refractivity contribution is 6.30. The first-order valence-corrected chi connectivity index (χ1v) is 7.31. The second kappa shape index (κ2) is 5.04. The number of imidazole rings is 1. The van der Waals surface area contributed by atoms with Crippen molar-refractivity contribution in [2.45, 2.75) is 6.92 Å². The summed E-state index contributed by atoms with van der Waals surface area (Å²) in [5.74, 6) is 1.45. The van der Waals surface area contributed by atoms with Gasteiger partial charge in [0.25, 0.3) is 0 Å². The van der Waals surface area contributed by atoms with E-state index in [1.165, 1.54) is 0 Å². The van der Waals surface area contributed by atoms with Gasteiger partial charge in [-0.3, -0.25) is 4.40 Å². The molecule has 0 bridgehead atoms. The molecule has 4 heteroatoms. The van der Waals surface area contributed by atoms with Crippen LogP contribution in [0, 0.1) is 13.1 Å². The number of hydrogen-bond acceptors (Lipinski definition) is 2. The number of fused-ring (bicyclic) bond motifs is 1. The smallest absolute Gasteiger partial charge is 0.155 e. The lowest BCUT2D eigenvalue weighted by atomic mass is 10.2. The molecule has 0 atom stereocenters. The maximum Gasteiger partial charge on any atom is 0.155 e. The van der Waals surface area contributed by atoms with Crippen molar-refractivity contribution in [2.24, 2.45) is 0 Å². The highest BCUT2D eigenvalue weighted by Gasteiger charge is 2.11. The Morgan fingerprint density at radius 3 is 2.82 bits per heavy atom. The predicted octanol–water partition coefficient (Wildman–Crippen LogP) is 5.02. The highest BCUT2D eigenvalue weighted by Crippen LogP contribution is 2.29. The normalized spacial score (nSPS) is 11.2. The van der Waals surface area contributed by atoms with Gasteiger partial charge < -0.3 is 4.42 Å². The number of pyridine rings is 1. The first-order chi connectivity index (χ1) is 10.7. The van der Waals surface area contributed by atoms with Gasteiger partial charge in [0.05, 0.1) is 0 Å². The molecule has 0 unspecified atom stereocenters. The Bertz CT molecular complexity index is 968. The van der Waals surface area contributed by atoms with Crippen LogP contribution in [0.3, 0.4) is 0 Å². The molecule has 0 saturated heterocycles. The zero-order valence-electron chi connectivity index (χ0n) is 11.9. The molecule has 3 heterocycles. The lowest BCUT2D eigenvalue weighted by Crippen LogP contribution is -1.82. The second-order valence-electron chi connectivity index (χ2n) is 5.18. The van der Waals surface area contributed by atoms with Gasteiger partial charge in [-0.2, -0.15) is 0 Å². The molecule has 1 aromatic carbocycles. The Labute approximate surface area is 132 Å². The van der Waals surface area contributed by atoms with Gasteiger partial charge in [0.15, 0.2) is 5.76 Å². The summed E-state index contributed by atoms with van der Waals surface area (Å²) in [5.41, 5.74) is 3.66. The fraction of sp³-hybridized carbons (Fsp3) is 0.0556. The van der Waals surface area contributed by atoms with E-state index in [-0.39, 0.29) is 0 Å². The van der Waals surface area contributed by atoms with E-state index in [2.05, 4.69) is 11.2 Å². The quantitative estimate of drug-likeness (QED) is 0.520. The molecule has 0 N–H and O–H groups in total. The van der Waals surface area contributed by atoms with E-state index in [1.807, 2.05) is 66.1 Å². The monoisotopic (exact) mass is 307 g/mol.